The highest BCUT2D eigenvalue weighted by Crippen LogP contribution is 2.14. The highest BCUT2D eigenvalue weighted by Gasteiger charge is 2.37. The number of hydrogen-bond acceptors (Lipinski definition) is 8. The number of amides is 6. The Morgan fingerprint density at radius 3 is 1.17 bits per heavy atom. The first-order valence-corrected chi connectivity index (χ1v) is 20.6. The van der Waals surface area contributed by atoms with Crippen LogP contribution >= 0.6 is 0 Å². The Kier molecular flexibility index (Phi) is 20.2. The molecular weight excluding hydrogens is 755 g/mol. The molecule has 0 spiro atoms. The number of nitrogens with one attached hydrogen (secondary N) is 6. The molecule has 2 aromatic carbocycles. The lowest BCUT2D eigenvalue weighted by Crippen LogP contribution is -2.62. The normalized spacial score (nSPS) is 15.5. The Morgan fingerprint density at radius 1 is 0.475 bits per heavy atom. The summed E-state index contributed by atoms with van der Waals surface area (Å²) in [5.41, 5.74) is 7.45. The van der Waals surface area contributed by atoms with Crippen molar-refractivity contribution in [1.82, 2.24) is 31.9 Å². The van der Waals surface area contributed by atoms with E-state index >= 15 is 0 Å². The average Bonchev–Trinajstić information content (AvgIpc) is 3.18. The molecule has 0 saturated heterocycles. The van der Waals surface area contributed by atoms with Crippen LogP contribution in [-0.2, 0) is 46.4 Å². The lowest BCUT2D eigenvalue weighted by Gasteiger charge is -2.31. The minimum atomic E-state index is -1.28. The van der Waals surface area contributed by atoms with Crippen LogP contribution in [0, 0.1) is 29.6 Å². The number of aliphatic carboxylic acids is 1. The van der Waals surface area contributed by atoms with Crippen LogP contribution < -0.4 is 37.6 Å². The molecule has 0 saturated carbocycles. The Labute approximate surface area is 349 Å². The molecule has 0 fully saturated rings. The second-order valence-electron chi connectivity index (χ2n) is 16.7. The smallest absolute Gasteiger partial charge is 0.326 e. The van der Waals surface area contributed by atoms with Crippen molar-refractivity contribution in [3.05, 3.63) is 71.8 Å². The van der Waals surface area contributed by atoms with E-state index in [0.29, 0.717) is 17.5 Å². The van der Waals surface area contributed by atoms with E-state index in [4.69, 9.17) is 5.73 Å². The molecule has 0 unspecified atom stereocenters. The molecule has 9 N–H and O–H groups in total. The molecule has 0 aliphatic carbocycles. The maximum Gasteiger partial charge on any atom is 0.326 e. The van der Waals surface area contributed by atoms with E-state index in [0.717, 1.165) is 0 Å². The summed E-state index contributed by atoms with van der Waals surface area (Å²) in [6.07, 6.45) is 0.612. The Morgan fingerprint density at radius 2 is 0.814 bits per heavy atom. The predicted molar refractivity (Wildman–Crippen MR) is 226 cm³/mol. The molecule has 2 rings (SSSR count). The number of nitrogens with two attached hydrogens (primary N) is 1. The van der Waals surface area contributed by atoms with Gasteiger partial charge in [-0.1, -0.05) is 136 Å². The standard InChI is InChI=1S/C44H67N7O8/c1-11-28(10)37(51-39(53)33(45)24(2)3)43(57)50-36(27(8)9)42(56)49-35(26(6)7)41(55)48-34(25(4)5)40(54)46-31(22-29-18-14-12-15-19-29)38(52)47-32(44(58)59)23-30-20-16-13-17-21-30/h12-21,24-28,31-37H,11,22-23,45H2,1-10H3,(H,46,54)(H,47,52)(H,48,55)(H,49,56)(H,50,57)(H,51,53)(H,58,59)/t28-,31-,32+,33+,34+,35+,36+,37-/m0/s1. The van der Waals surface area contributed by atoms with Crippen LogP contribution in [0.1, 0.15) is 86.8 Å². The third-order valence-electron chi connectivity index (χ3n) is 10.4. The van der Waals surface area contributed by atoms with Crippen molar-refractivity contribution < 1.29 is 38.7 Å². The second kappa shape index (κ2) is 23.9. The highest BCUT2D eigenvalue weighted by molar-refractivity contribution is 5.97. The van der Waals surface area contributed by atoms with E-state index in [1.807, 2.05) is 13.8 Å². The summed E-state index contributed by atoms with van der Waals surface area (Å²) in [5.74, 6) is -6.80. The van der Waals surface area contributed by atoms with Crippen LogP contribution in [0.15, 0.2) is 60.7 Å². The molecule has 0 aliphatic heterocycles. The average molecular weight is 822 g/mol. The van der Waals surface area contributed by atoms with Crippen molar-refractivity contribution in [2.75, 3.05) is 0 Å². The number of carboxylic acids is 1. The van der Waals surface area contributed by atoms with Crippen LogP contribution in [-0.4, -0.2) is 88.8 Å². The van der Waals surface area contributed by atoms with Gasteiger partial charge in [0.1, 0.15) is 36.3 Å². The maximum absolute atomic E-state index is 14.0. The summed E-state index contributed by atoms with van der Waals surface area (Å²) < 4.78 is 0. The molecular formula is C44H67N7O8. The summed E-state index contributed by atoms with van der Waals surface area (Å²) in [4.78, 5) is 94.2. The van der Waals surface area contributed by atoms with E-state index in [2.05, 4.69) is 31.9 Å². The number of carboxylic acid groups (broad SMARTS) is 1. The number of rotatable bonds is 23. The van der Waals surface area contributed by atoms with E-state index < -0.39 is 101 Å². The number of hydrogen-bond donors (Lipinski definition) is 8. The summed E-state index contributed by atoms with van der Waals surface area (Å²) in [5, 5.41) is 26.3. The molecule has 0 aliphatic rings. The van der Waals surface area contributed by atoms with Crippen LogP contribution in [0.25, 0.3) is 0 Å². The van der Waals surface area contributed by atoms with Crippen molar-refractivity contribution in [3.63, 3.8) is 0 Å². The van der Waals surface area contributed by atoms with Gasteiger partial charge >= 0.3 is 5.97 Å². The lowest BCUT2D eigenvalue weighted by atomic mass is 9.95. The van der Waals surface area contributed by atoms with Crippen molar-refractivity contribution in [1.29, 1.82) is 0 Å². The fraction of sp³-hybridized carbons (Fsp3) is 0.568. The third-order valence-corrected chi connectivity index (χ3v) is 10.4. The van der Waals surface area contributed by atoms with Gasteiger partial charge in [-0.2, -0.15) is 0 Å². The minimum Gasteiger partial charge on any atom is -0.480 e. The van der Waals surface area contributed by atoms with Gasteiger partial charge in [0, 0.05) is 12.8 Å². The molecule has 0 radical (unpaired) electrons. The van der Waals surface area contributed by atoms with Gasteiger partial charge in [0.25, 0.3) is 0 Å². The van der Waals surface area contributed by atoms with Crippen LogP contribution in [0.4, 0.5) is 0 Å². The first kappa shape index (κ1) is 49.8. The maximum atomic E-state index is 14.0. The number of carbonyl (C=O) groups excluding carboxylic acids is 6. The van der Waals surface area contributed by atoms with Crippen molar-refractivity contribution in [2.45, 2.75) is 131 Å². The van der Waals surface area contributed by atoms with Gasteiger partial charge < -0.3 is 42.7 Å². The van der Waals surface area contributed by atoms with Crippen molar-refractivity contribution in [2.24, 2.45) is 35.3 Å². The molecule has 15 nitrogen and oxygen atoms in total. The third kappa shape index (κ3) is 15.8. The molecule has 8 atom stereocenters. The lowest BCUT2D eigenvalue weighted by molar-refractivity contribution is -0.142. The van der Waals surface area contributed by atoms with Gasteiger partial charge in [0.2, 0.25) is 35.4 Å². The van der Waals surface area contributed by atoms with Crippen LogP contribution in [0.2, 0.25) is 0 Å². The summed E-state index contributed by atoms with van der Waals surface area (Å²) in [6, 6.07) is 10.1. The van der Waals surface area contributed by atoms with Crippen LogP contribution in [0.5, 0.6) is 0 Å². The van der Waals surface area contributed by atoms with E-state index in [1.165, 1.54) is 0 Å². The van der Waals surface area contributed by atoms with Gasteiger partial charge in [-0.3, -0.25) is 28.8 Å². The molecule has 0 bridgehead atoms. The molecule has 15 heteroatoms. The highest BCUT2D eigenvalue weighted by atomic mass is 16.4. The Balaban J connectivity index is 2.30. The summed E-state index contributed by atoms with van der Waals surface area (Å²) in [7, 11) is 0. The SMILES string of the molecule is CC[C@H](C)[C@H](NC(=O)[C@H](N)C(C)C)C(=O)N[C@@H](C(=O)N[C@@H](C(=O)N[C@@H](C(=O)N[C@@H](Cc1ccccc1)C(=O)N[C@H](Cc1ccccc1)C(=O)O)C(C)C)C(C)C)C(C)C. The predicted octanol–water partition coefficient (Wildman–Crippen LogP) is 2.46. The fourth-order valence-corrected chi connectivity index (χ4v) is 6.23. The fourth-order valence-electron chi connectivity index (χ4n) is 6.23. The first-order chi connectivity index (χ1) is 27.7. The Hall–Kier alpha value is -5.31. The van der Waals surface area contributed by atoms with Gasteiger partial charge in [0.15, 0.2) is 0 Å². The number of benzene rings is 2. The van der Waals surface area contributed by atoms with E-state index in [-0.39, 0.29) is 24.7 Å². The van der Waals surface area contributed by atoms with Gasteiger partial charge in [0.05, 0.1) is 6.04 Å². The quantitative estimate of drug-likeness (QED) is 0.0821. The van der Waals surface area contributed by atoms with Crippen LogP contribution in [0.3, 0.4) is 0 Å². The van der Waals surface area contributed by atoms with Gasteiger partial charge in [-0.05, 0) is 40.7 Å². The number of carbonyl (C=O) groups is 7. The van der Waals surface area contributed by atoms with E-state index in [1.54, 1.807) is 116 Å². The van der Waals surface area contributed by atoms with Crippen molar-refractivity contribution in [3.8, 4) is 0 Å². The monoisotopic (exact) mass is 822 g/mol. The zero-order chi connectivity index (χ0) is 44.6. The zero-order valence-corrected chi connectivity index (χ0v) is 36.2. The Bertz CT molecular complexity index is 1700. The van der Waals surface area contributed by atoms with E-state index in [9.17, 15) is 38.7 Å². The molecule has 2 aromatic rings. The molecule has 0 heterocycles. The van der Waals surface area contributed by atoms with Crippen molar-refractivity contribution >= 4 is 41.4 Å². The van der Waals surface area contributed by atoms with Gasteiger partial charge in [-0.25, -0.2) is 4.79 Å². The van der Waals surface area contributed by atoms with Gasteiger partial charge in [-0.15, -0.1) is 0 Å². The molecule has 59 heavy (non-hydrogen) atoms. The zero-order valence-electron chi connectivity index (χ0n) is 36.2. The second-order valence-corrected chi connectivity index (χ2v) is 16.7. The summed E-state index contributed by atoms with van der Waals surface area (Å²) in [6.45, 7) is 17.6. The topological polar surface area (TPSA) is 238 Å². The molecule has 326 valence electrons. The largest absolute Gasteiger partial charge is 0.480 e. The first-order valence-electron chi connectivity index (χ1n) is 20.6. The minimum absolute atomic E-state index is 0.0181. The molecule has 6 amide bonds. The molecule has 0 aromatic heterocycles. The summed E-state index contributed by atoms with van der Waals surface area (Å²) >= 11 is 0.